The van der Waals surface area contributed by atoms with Crippen LogP contribution in [0, 0.1) is 0 Å². The van der Waals surface area contributed by atoms with Crippen LogP contribution in [0.5, 0.6) is 0 Å². The van der Waals surface area contributed by atoms with Crippen LogP contribution in [0.15, 0.2) is 0 Å². The highest BCUT2D eigenvalue weighted by molar-refractivity contribution is 4.43. The molecule has 0 saturated heterocycles. The molecule has 6 heteroatoms. The number of hydrogen-bond acceptors (Lipinski definition) is 6. The van der Waals surface area contributed by atoms with Gasteiger partial charge in [-0.3, -0.25) is 0 Å². The first-order valence-electron chi connectivity index (χ1n) is 4.78. The Morgan fingerprint density at radius 1 is 0.571 bits per heavy atom. The molecule has 0 saturated carbocycles. The molecule has 0 atom stereocenters. The lowest BCUT2D eigenvalue weighted by atomic mass is 10.1. The summed E-state index contributed by atoms with van der Waals surface area (Å²) >= 11 is 0. The third-order valence-electron chi connectivity index (χ3n) is 1.81. The Labute approximate surface area is 83.1 Å². The number of rotatable bonds is 11. The molecule has 0 aromatic heterocycles. The monoisotopic (exact) mass is 210 g/mol. The topological polar surface area (TPSA) is 77.4 Å². The molecule has 0 aliphatic heterocycles. The molecule has 0 unspecified atom stereocenters. The fourth-order valence-corrected chi connectivity index (χ4v) is 1.10. The molecule has 0 spiro atoms. The van der Waals surface area contributed by atoms with E-state index in [1.165, 1.54) is 0 Å². The summed E-state index contributed by atoms with van der Waals surface area (Å²) in [5.41, 5.74) is 0. The van der Waals surface area contributed by atoms with Crippen LogP contribution in [-0.4, -0.2) is 23.7 Å². The highest BCUT2D eigenvalue weighted by Crippen LogP contribution is 2.05. The van der Waals surface area contributed by atoms with Gasteiger partial charge in [0.05, 0.1) is 13.2 Å². The van der Waals surface area contributed by atoms with E-state index < -0.39 is 0 Å². The third kappa shape index (κ3) is 11.8. The minimum absolute atomic E-state index is 0.415. The van der Waals surface area contributed by atoms with Crippen LogP contribution in [0.4, 0.5) is 0 Å². The van der Waals surface area contributed by atoms with Crippen molar-refractivity contribution in [2.75, 3.05) is 13.2 Å². The van der Waals surface area contributed by atoms with Gasteiger partial charge in [0.25, 0.3) is 0 Å². The van der Waals surface area contributed by atoms with Gasteiger partial charge in [-0.1, -0.05) is 35.8 Å². The van der Waals surface area contributed by atoms with E-state index in [0.717, 1.165) is 38.5 Å². The molecule has 0 aliphatic rings. The fraction of sp³-hybridized carbons (Fsp3) is 1.00. The van der Waals surface area contributed by atoms with Gasteiger partial charge in [-0.05, 0) is 12.8 Å². The van der Waals surface area contributed by atoms with Gasteiger partial charge >= 0.3 is 0 Å². The van der Waals surface area contributed by atoms with Crippen LogP contribution >= 0.6 is 0 Å². The number of hydrogen-bond donors (Lipinski definition) is 2. The molecule has 0 heterocycles. The maximum absolute atomic E-state index is 7.82. The highest BCUT2D eigenvalue weighted by Gasteiger charge is 1.92. The minimum atomic E-state index is 0.415. The molecule has 0 fully saturated rings. The lowest BCUT2D eigenvalue weighted by Crippen LogP contribution is -1.94. The van der Waals surface area contributed by atoms with E-state index in [9.17, 15) is 0 Å². The summed E-state index contributed by atoms with van der Waals surface area (Å²) in [6, 6.07) is 0. The summed E-state index contributed by atoms with van der Waals surface area (Å²) in [5, 5.41) is 22.6. The Morgan fingerprint density at radius 3 is 1.29 bits per heavy atom. The van der Waals surface area contributed by atoms with Crippen LogP contribution in [0.2, 0.25) is 0 Å². The third-order valence-corrected chi connectivity index (χ3v) is 1.81. The Hall–Kier alpha value is -0.240. The molecule has 0 aromatic carbocycles. The smallest absolute Gasteiger partial charge is 0.0853 e. The first-order chi connectivity index (χ1) is 6.91. The molecular weight excluding hydrogens is 192 g/mol. The Kier molecular flexibility index (Phi) is 12.5. The van der Waals surface area contributed by atoms with Crippen molar-refractivity contribution in [3.05, 3.63) is 0 Å². The summed E-state index contributed by atoms with van der Waals surface area (Å²) < 4.78 is 0. The largest absolute Gasteiger partial charge is 0.221 e. The molecule has 0 aromatic rings. The summed E-state index contributed by atoms with van der Waals surface area (Å²) in [6.45, 7) is 0.829. The molecule has 86 valence electrons. The maximum Gasteiger partial charge on any atom is 0.0853 e. The van der Waals surface area contributed by atoms with Crippen LogP contribution in [0.1, 0.15) is 38.5 Å². The normalized spacial score (nSPS) is 10.7. The molecule has 0 aliphatic carbocycles. The lowest BCUT2D eigenvalue weighted by molar-refractivity contribution is -0.490. The van der Waals surface area contributed by atoms with Crippen LogP contribution < -0.4 is 0 Å². The van der Waals surface area contributed by atoms with Crippen LogP contribution in [0.25, 0.3) is 0 Å². The van der Waals surface area contributed by atoms with Crippen molar-refractivity contribution < 1.29 is 30.4 Å². The van der Waals surface area contributed by atoms with Crippen molar-refractivity contribution in [2.24, 2.45) is 0 Å². The van der Waals surface area contributed by atoms with Gasteiger partial charge in [0.2, 0.25) is 0 Å². The van der Waals surface area contributed by atoms with Crippen LogP contribution in [-0.2, 0) is 19.9 Å². The van der Waals surface area contributed by atoms with E-state index in [0.29, 0.717) is 13.2 Å². The number of unbranched alkanes of at least 4 members (excludes halogenated alkanes) is 5. The zero-order valence-corrected chi connectivity index (χ0v) is 8.18. The first-order valence-corrected chi connectivity index (χ1v) is 4.78. The van der Waals surface area contributed by atoms with E-state index in [1.807, 2.05) is 0 Å². The van der Waals surface area contributed by atoms with Gasteiger partial charge in [0.15, 0.2) is 0 Å². The summed E-state index contributed by atoms with van der Waals surface area (Å²) in [6.07, 6.45) is 6.04. The lowest BCUT2D eigenvalue weighted by Gasteiger charge is -2.00. The Bertz CT molecular complexity index is 87.8. The molecule has 6 nitrogen and oxygen atoms in total. The summed E-state index contributed by atoms with van der Waals surface area (Å²) in [7, 11) is 0. The summed E-state index contributed by atoms with van der Waals surface area (Å²) in [5.74, 6) is 0. The van der Waals surface area contributed by atoms with Gasteiger partial charge in [-0.2, -0.15) is 0 Å². The quantitative estimate of drug-likeness (QED) is 0.309. The molecule has 0 amide bonds. The van der Waals surface area contributed by atoms with Gasteiger partial charge in [0, 0.05) is 0 Å². The second-order valence-electron chi connectivity index (χ2n) is 2.91. The van der Waals surface area contributed by atoms with E-state index >= 15 is 0 Å². The SMILES string of the molecule is OOOCCCCCCCCOOO. The molecule has 0 rings (SSSR count). The second kappa shape index (κ2) is 12.8. The van der Waals surface area contributed by atoms with Crippen molar-refractivity contribution in [1.82, 2.24) is 0 Å². The van der Waals surface area contributed by atoms with Gasteiger partial charge in [-0.25, -0.2) is 20.3 Å². The fourth-order valence-electron chi connectivity index (χ4n) is 1.10. The summed E-state index contributed by atoms with van der Waals surface area (Å²) in [4.78, 5) is 8.57. The minimum Gasteiger partial charge on any atom is -0.221 e. The Morgan fingerprint density at radius 2 is 0.929 bits per heavy atom. The standard InChI is InChI=1S/C8H18O6/c9-13-11-7-5-3-1-2-4-6-8-12-14-10/h9-10H,1-8H2. The zero-order chi connectivity index (χ0) is 10.5. The first kappa shape index (κ1) is 13.8. The maximum atomic E-state index is 7.82. The van der Waals surface area contributed by atoms with Crippen LogP contribution in [0.3, 0.4) is 0 Å². The molecule has 0 bridgehead atoms. The van der Waals surface area contributed by atoms with Gasteiger partial charge in [-0.15, -0.1) is 0 Å². The average molecular weight is 210 g/mol. The van der Waals surface area contributed by atoms with Crippen molar-refractivity contribution in [3.8, 4) is 0 Å². The van der Waals surface area contributed by atoms with Crippen molar-refractivity contribution in [3.63, 3.8) is 0 Å². The average Bonchev–Trinajstić information content (AvgIpc) is 2.21. The van der Waals surface area contributed by atoms with Crippen molar-refractivity contribution in [2.45, 2.75) is 38.5 Å². The molecule has 14 heavy (non-hydrogen) atoms. The second-order valence-corrected chi connectivity index (χ2v) is 2.91. The van der Waals surface area contributed by atoms with Crippen molar-refractivity contribution >= 4 is 0 Å². The van der Waals surface area contributed by atoms with E-state index in [4.69, 9.17) is 10.5 Å². The molecule has 0 radical (unpaired) electrons. The highest BCUT2D eigenvalue weighted by atomic mass is 17.5. The van der Waals surface area contributed by atoms with Gasteiger partial charge < -0.3 is 0 Å². The molecule has 2 N–H and O–H groups in total. The van der Waals surface area contributed by atoms with Crippen molar-refractivity contribution in [1.29, 1.82) is 0 Å². The Balaban J connectivity index is 2.78. The molecular formula is C8H18O6. The van der Waals surface area contributed by atoms with E-state index in [1.54, 1.807) is 0 Å². The predicted molar refractivity (Wildman–Crippen MR) is 47.0 cm³/mol. The zero-order valence-electron chi connectivity index (χ0n) is 8.18. The van der Waals surface area contributed by atoms with E-state index in [-0.39, 0.29) is 0 Å². The predicted octanol–water partition coefficient (Wildman–Crippen LogP) is 2.17. The van der Waals surface area contributed by atoms with E-state index in [2.05, 4.69) is 19.9 Å². The van der Waals surface area contributed by atoms with Gasteiger partial charge in [0.1, 0.15) is 0 Å².